The molecule has 0 saturated carbocycles. The van der Waals surface area contributed by atoms with Crippen molar-refractivity contribution in [1.82, 2.24) is 5.06 Å². The van der Waals surface area contributed by atoms with E-state index in [0.29, 0.717) is 11.5 Å². The molecule has 1 aliphatic heterocycles. The Morgan fingerprint density at radius 2 is 1.35 bits per heavy atom. The van der Waals surface area contributed by atoms with Crippen molar-refractivity contribution in [1.29, 1.82) is 0 Å². The van der Waals surface area contributed by atoms with E-state index in [9.17, 15) is 14.4 Å². The molecule has 1 fully saturated rings. The number of carbonyl (C=O) groups is 3. The van der Waals surface area contributed by atoms with Crippen molar-refractivity contribution in [3.8, 4) is 0 Å². The number of imide groups is 1. The third kappa shape index (κ3) is 7.62. The fourth-order valence-electron chi connectivity index (χ4n) is 4.43. The Kier molecular flexibility index (Phi) is 11.1. The molecule has 1 aliphatic rings. The van der Waals surface area contributed by atoms with Crippen molar-refractivity contribution in [2.75, 3.05) is 0 Å². The predicted octanol–water partition coefficient (Wildman–Crippen LogP) is 5.28. The van der Waals surface area contributed by atoms with Crippen LogP contribution in [0.15, 0.2) is 24.3 Å². The van der Waals surface area contributed by atoms with E-state index < -0.39 is 36.2 Å². The first-order valence-electron chi connectivity index (χ1n) is 12.1. The third-order valence-electron chi connectivity index (χ3n) is 6.41. The number of carbonyl (C=O) groups excluding carboxylic acids is 3. The Balaban J connectivity index is 2.03. The van der Waals surface area contributed by atoms with E-state index in [1.165, 1.54) is 51.8 Å². The van der Waals surface area contributed by atoms with E-state index in [-0.39, 0.29) is 19.3 Å². The van der Waals surface area contributed by atoms with E-state index >= 15 is 0 Å². The van der Waals surface area contributed by atoms with Gasteiger partial charge < -0.3 is 0 Å². The Morgan fingerprint density at radius 1 is 0.871 bits per heavy atom. The average Bonchev–Trinajstić information content (AvgIpc) is 3.10. The number of rotatable bonds is 14. The minimum atomic E-state index is -2.42. The fraction of sp³-hybridized carbons (Fsp3) is 0.640. The molecule has 1 aromatic rings. The fourth-order valence-corrected chi connectivity index (χ4v) is 20.4. The van der Waals surface area contributed by atoms with Crippen molar-refractivity contribution < 1.29 is 19.2 Å². The molecular weight excluding hydrogens is 497 g/mol. The second-order valence-corrected chi connectivity index (χ2v) is 22.1. The second kappa shape index (κ2) is 13.2. The van der Waals surface area contributed by atoms with Crippen LogP contribution in [0, 0.1) is 0 Å². The van der Waals surface area contributed by atoms with Crippen molar-refractivity contribution in [2.45, 2.75) is 98.3 Å². The van der Waals surface area contributed by atoms with Crippen LogP contribution in [-0.2, 0) is 25.6 Å². The molecule has 1 heterocycles. The Bertz CT molecular complexity index is 694. The molecule has 5 nitrogen and oxygen atoms in total. The van der Waals surface area contributed by atoms with E-state index in [2.05, 4.69) is 45.0 Å². The summed E-state index contributed by atoms with van der Waals surface area (Å²) in [4.78, 5) is 40.2. The van der Waals surface area contributed by atoms with Crippen molar-refractivity contribution >= 4 is 39.7 Å². The van der Waals surface area contributed by atoms with E-state index in [4.69, 9.17) is 4.84 Å². The van der Waals surface area contributed by atoms with Gasteiger partial charge in [0.15, 0.2) is 0 Å². The standard InChI is InChI=1S/C13H12NO4.3C4H9.Sn/c15-11-7-8-12(16)14(11)18-13(17)9-6-10-4-2-1-3-5-10;3*1-3-4-2;/h2-5H,6-9H2;3*1,3-4H2,2H3;. The Labute approximate surface area is 191 Å². The molecule has 0 bridgehead atoms. The zero-order chi connectivity index (χ0) is 22.7. The summed E-state index contributed by atoms with van der Waals surface area (Å²) in [6.45, 7) is 6.88. The zero-order valence-corrected chi connectivity index (χ0v) is 22.4. The molecule has 0 spiro atoms. The van der Waals surface area contributed by atoms with Crippen molar-refractivity contribution in [3.63, 3.8) is 0 Å². The first-order valence-corrected chi connectivity index (χ1v) is 19.6. The van der Waals surface area contributed by atoms with Gasteiger partial charge in [-0.25, -0.2) is 0 Å². The van der Waals surface area contributed by atoms with Gasteiger partial charge in [0.05, 0.1) is 0 Å². The maximum absolute atomic E-state index is 12.1. The molecule has 0 radical (unpaired) electrons. The van der Waals surface area contributed by atoms with Crippen LogP contribution in [0.1, 0.15) is 84.1 Å². The monoisotopic (exact) mass is 537 g/mol. The van der Waals surface area contributed by atoms with Gasteiger partial charge in [0.2, 0.25) is 0 Å². The Hall–Kier alpha value is -1.37. The molecule has 2 rings (SSSR count). The normalized spacial score (nSPS) is 14.4. The van der Waals surface area contributed by atoms with Gasteiger partial charge in [-0.1, -0.05) is 0 Å². The van der Waals surface area contributed by atoms with Gasteiger partial charge in [0.25, 0.3) is 0 Å². The molecule has 0 aliphatic carbocycles. The molecule has 172 valence electrons. The van der Waals surface area contributed by atoms with Gasteiger partial charge in [0.1, 0.15) is 0 Å². The van der Waals surface area contributed by atoms with Crippen LogP contribution in [0.3, 0.4) is 0 Å². The van der Waals surface area contributed by atoms with Crippen LogP contribution in [-0.4, -0.2) is 41.2 Å². The summed E-state index contributed by atoms with van der Waals surface area (Å²) in [5.41, 5.74) is 1.10. The summed E-state index contributed by atoms with van der Waals surface area (Å²) in [7, 11) is 0. The molecular formula is C25H39NO4Sn. The number of aryl methyl sites for hydroxylation is 1. The molecule has 0 aromatic heterocycles. The molecule has 31 heavy (non-hydrogen) atoms. The first-order chi connectivity index (χ1) is 15.0. The molecule has 6 heteroatoms. The first kappa shape index (κ1) is 25.9. The Morgan fingerprint density at radius 3 is 1.81 bits per heavy atom. The number of hydroxylamine groups is 2. The maximum atomic E-state index is 12.1. The van der Waals surface area contributed by atoms with E-state index in [0.717, 1.165) is 5.56 Å². The number of hydrogen-bond donors (Lipinski definition) is 0. The van der Waals surface area contributed by atoms with Crippen LogP contribution >= 0.6 is 0 Å². The van der Waals surface area contributed by atoms with Crippen LogP contribution in [0.4, 0.5) is 0 Å². The summed E-state index contributed by atoms with van der Waals surface area (Å²) in [6.07, 6.45) is 8.76. The molecule has 0 unspecified atom stereocenters. The quantitative estimate of drug-likeness (QED) is 0.240. The van der Waals surface area contributed by atoms with Crippen LogP contribution in [0.2, 0.25) is 13.3 Å². The van der Waals surface area contributed by atoms with E-state index in [1.54, 1.807) is 3.58 Å². The van der Waals surface area contributed by atoms with Crippen LogP contribution < -0.4 is 3.58 Å². The number of nitrogens with zero attached hydrogens (tertiary/aromatic N) is 1. The topological polar surface area (TPSA) is 63.7 Å². The summed E-state index contributed by atoms with van der Waals surface area (Å²) >= 11 is -2.42. The van der Waals surface area contributed by atoms with Crippen LogP contribution in [0.5, 0.6) is 0 Å². The van der Waals surface area contributed by atoms with E-state index in [1.807, 2.05) is 0 Å². The predicted molar refractivity (Wildman–Crippen MR) is 126 cm³/mol. The summed E-state index contributed by atoms with van der Waals surface area (Å²) in [5, 5.41) is 0.628. The molecule has 0 N–H and O–H groups in total. The molecule has 2 amide bonds. The van der Waals surface area contributed by atoms with Gasteiger partial charge in [-0.15, -0.1) is 0 Å². The number of unbranched alkanes of at least 4 members (excludes halogenated alkanes) is 3. The summed E-state index contributed by atoms with van der Waals surface area (Å²) in [6, 6.07) is 9.02. The molecule has 1 saturated heterocycles. The van der Waals surface area contributed by atoms with Crippen molar-refractivity contribution in [2.24, 2.45) is 0 Å². The summed E-state index contributed by atoms with van der Waals surface area (Å²) < 4.78 is 5.95. The van der Waals surface area contributed by atoms with Gasteiger partial charge in [-0.2, -0.15) is 0 Å². The average molecular weight is 536 g/mol. The second-order valence-electron chi connectivity index (χ2n) is 8.83. The number of amides is 2. The zero-order valence-electron chi connectivity index (χ0n) is 19.6. The van der Waals surface area contributed by atoms with Gasteiger partial charge in [0, 0.05) is 0 Å². The minimum absolute atomic E-state index is 0.120. The SMILES string of the molecule is CCC[CH2][Sn]([CH2]CCC)([CH2]CCC)[c]1ccc(CCC(=O)ON2C(=O)CCC2=O)cc1. The third-order valence-corrected chi connectivity index (χ3v) is 22.1. The van der Waals surface area contributed by atoms with Gasteiger partial charge >= 0.3 is 192 Å². The number of benzene rings is 1. The van der Waals surface area contributed by atoms with Crippen LogP contribution in [0.25, 0.3) is 0 Å². The molecule has 1 aromatic carbocycles. The number of hydrogen-bond acceptors (Lipinski definition) is 4. The van der Waals surface area contributed by atoms with Crippen molar-refractivity contribution in [3.05, 3.63) is 29.8 Å². The van der Waals surface area contributed by atoms with Gasteiger partial charge in [-0.05, 0) is 0 Å². The summed E-state index contributed by atoms with van der Waals surface area (Å²) in [5.74, 6) is -1.40. The molecule has 0 atom stereocenters. The van der Waals surface area contributed by atoms with Gasteiger partial charge in [-0.3, -0.25) is 0 Å².